The molecule has 3 rings (SSSR count). The molecule has 0 aromatic heterocycles. The molecule has 0 saturated carbocycles. The van der Waals surface area contributed by atoms with Crippen LogP contribution in [-0.4, -0.2) is 62.7 Å². The van der Waals surface area contributed by atoms with E-state index in [1.807, 2.05) is 6.07 Å². The van der Waals surface area contributed by atoms with Crippen LogP contribution in [0.2, 0.25) is 0 Å². The largest absolute Gasteiger partial charge is 0.496 e. The van der Waals surface area contributed by atoms with E-state index in [4.69, 9.17) is 4.74 Å². The van der Waals surface area contributed by atoms with E-state index < -0.39 is 0 Å². The van der Waals surface area contributed by atoms with Gasteiger partial charge in [0.1, 0.15) is 5.75 Å². The topological polar surface area (TPSA) is 27.7 Å². The second-order valence-electron chi connectivity index (χ2n) is 5.55. The Bertz CT molecular complexity index is 437. The van der Waals surface area contributed by atoms with Gasteiger partial charge in [0.05, 0.1) is 13.2 Å². The predicted octanol–water partition coefficient (Wildman–Crippen LogP) is 0.955. The Balaban J connectivity index is 1.83. The molecule has 0 bridgehead atoms. The van der Waals surface area contributed by atoms with Crippen LogP contribution < -0.4 is 10.1 Å². The molecule has 2 saturated heterocycles. The van der Waals surface area contributed by atoms with Crippen LogP contribution in [0.1, 0.15) is 11.6 Å². The summed E-state index contributed by atoms with van der Waals surface area (Å²) in [5, 5.41) is 3.49. The fourth-order valence-corrected chi connectivity index (χ4v) is 3.32. The van der Waals surface area contributed by atoms with Crippen molar-refractivity contribution in [3.63, 3.8) is 0 Å². The first-order chi connectivity index (χ1) is 9.29. The molecule has 19 heavy (non-hydrogen) atoms. The lowest BCUT2D eigenvalue weighted by Crippen LogP contribution is -2.61. The van der Waals surface area contributed by atoms with Crippen LogP contribution in [0.5, 0.6) is 5.75 Å². The zero-order valence-electron chi connectivity index (χ0n) is 11.8. The minimum absolute atomic E-state index is 0.436. The van der Waals surface area contributed by atoms with Crippen LogP contribution in [0.25, 0.3) is 0 Å². The van der Waals surface area contributed by atoms with Gasteiger partial charge in [-0.2, -0.15) is 0 Å². The standard InChI is InChI=1S/C15H23N3O/c1-17-10-12-9-16-7-8-18(12)11-14(17)13-5-3-4-6-15(13)19-2/h3-6,12,14,16H,7-11H2,1-2H3. The molecule has 0 radical (unpaired) electrons. The fourth-order valence-electron chi connectivity index (χ4n) is 3.32. The van der Waals surface area contributed by atoms with Crippen molar-refractivity contribution in [2.45, 2.75) is 12.1 Å². The number of benzene rings is 1. The third kappa shape index (κ3) is 2.48. The molecule has 2 heterocycles. The highest BCUT2D eigenvalue weighted by Crippen LogP contribution is 2.32. The summed E-state index contributed by atoms with van der Waals surface area (Å²) in [5.41, 5.74) is 1.31. The zero-order valence-corrected chi connectivity index (χ0v) is 11.8. The number of likely N-dealkylation sites (N-methyl/N-ethyl adjacent to an activating group) is 1. The van der Waals surface area contributed by atoms with Crippen LogP contribution >= 0.6 is 0 Å². The van der Waals surface area contributed by atoms with Crippen molar-refractivity contribution in [3.8, 4) is 5.75 Å². The first-order valence-corrected chi connectivity index (χ1v) is 7.07. The maximum Gasteiger partial charge on any atom is 0.123 e. The molecule has 1 aromatic rings. The normalized spacial score (nSPS) is 28.9. The Hall–Kier alpha value is -1.10. The van der Waals surface area contributed by atoms with Gasteiger partial charge in [0.2, 0.25) is 0 Å². The fraction of sp³-hybridized carbons (Fsp3) is 0.600. The van der Waals surface area contributed by atoms with E-state index >= 15 is 0 Å². The van der Waals surface area contributed by atoms with Gasteiger partial charge in [-0.05, 0) is 13.1 Å². The summed E-state index contributed by atoms with van der Waals surface area (Å²) < 4.78 is 5.53. The highest BCUT2D eigenvalue weighted by molar-refractivity contribution is 5.36. The number of hydrogen-bond acceptors (Lipinski definition) is 4. The van der Waals surface area contributed by atoms with E-state index in [1.54, 1.807) is 7.11 Å². The van der Waals surface area contributed by atoms with Crippen LogP contribution in [0.4, 0.5) is 0 Å². The van der Waals surface area contributed by atoms with Crippen molar-refractivity contribution in [1.82, 2.24) is 15.1 Å². The van der Waals surface area contributed by atoms with E-state index in [1.165, 1.54) is 5.56 Å². The van der Waals surface area contributed by atoms with Gasteiger partial charge in [0, 0.05) is 44.3 Å². The Morgan fingerprint density at radius 3 is 2.95 bits per heavy atom. The van der Waals surface area contributed by atoms with Crippen LogP contribution in [0, 0.1) is 0 Å². The highest BCUT2D eigenvalue weighted by Gasteiger charge is 2.34. The SMILES string of the molecule is COc1ccccc1C1CN2CCNCC2CN1C. The molecule has 2 fully saturated rings. The van der Waals surface area contributed by atoms with E-state index in [0.29, 0.717) is 12.1 Å². The number of hydrogen-bond donors (Lipinski definition) is 1. The third-order valence-electron chi connectivity index (χ3n) is 4.41. The number of rotatable bonds is 2. The minimum atomic E-state index is 0.436. The second kappa shape index (κ2) is 5.49. The lowest BCUT2D eigenvalue weighted by atomic mass is 9.98. The summed E-state index contributed by atoms with van der Waals surface area (Å²) in [6, 6.07) is 9.50. The lowest BCUT2D eigenvalue weighted by molar-refractivity contribution is 0.0292. The molecular formula is C15H23N3O. The molecule has 4 heteroatoms. The van der Waals surface area contributed by atoms with Gasteiger partial charge in [0.15, 0.2) is 0 Å². The molecule has 0 spiro atoms. The smallest absolute Gasteiger partial charge is 0.123 e. The van der Waals surface area contributed by atoms with E-state index in [0.717, 1.165) is 38.5 Å². The lowest BCUT2D eigenvalue weighted by Gasteiger charge is -2.47. The number of nitrogens with zero attached hydrogens (tertiary/aromatic N) is 2. The number of nitrogens with one attached hydrogen (secondary N) is 1. The first-order valence-electron chi connectivity index (χ1n) is 7.07. The van der Waals surface area contributed by atoms with Crippen molar-refractivity contribution in [2.24, 2.45) is 0 Å². The molecule has 0 aliphatic carbocycles. The quantitative estimate of drug-likeness (QED) is 0.858. The minimum Gasteiger partial charge on any atom is -0.496 e. The summed E-state index contributed by atoms with van der Waals surface area (Å²) in [6.07, 6.45) is 0. The average Bonchev–Trinajstić information content (AvgIpc) is 2.46. The predicted molar refractivity (Wildman–Crippen MR) is 76.6 cm³/mol. The number of methoxy groups -OCH3 is 1. The molecule has 2 unspecified atom stereocenters. The summed E-state index contributed by atoms with van der Waals surface area (Å²) in [4.78, 5) is 5.08. The van der Waals surface area contributed by atoms with Crippen molar-refractivity contribution in [3.05, 3.63) is 29.8 Å². The van der Waals surface area contributed by atoms with Gasteiger partial charge in [0.25, 0.3) is 0 Å². The molecule has 104 valence electrons. The van der Waals surface area contributed by atoms with Crippen LogP contribution in [-0.2, 0) is 0 Å². The van der Waals surface area contributed by atoms with E-state index in [9.17, 15) is 0 Å². The van der Waals surface area contributed by atoms with Crippen molar-refractivity contribution >= 4 is 0 Å². The molecular weight excluding hydrogens is 238 g/mol. The van der Waals surface area contributed by atoms with Crippen molar-refractivity contribution in [1.29, 1.82) is 0 Å². The van der Waals surface area contributed by atoms with Gasteiger partial charge in [-0.1, -0.05) is 18.2 Å². The number of fused-ring (bicyclic) bond motifs is 1. The van der Waals surface area contributed by atoms with E-state index in [2.05, 4.69) is 40.4 Å². The Kier molecular flexibility index (Phi) is 3.73. The first kappa shape index (κ1) is 12.9. The molecule has 2 aliphatic heterocycles. The monoisotopic (exact) mass is 261 g/mol. The van der Waals surface area contributed by atoms with Gasteiger partial charge in [-0.15, -0.1) is 0 Å². The van der Waals surface area contributed by atoms with Gasteiger partial charge < -0.3 is 10.1 Å². The molecule has 1 N–H and O–H groups in total. The maximum atomic E-state index is 5.53. The maximum absolute atomic E-state index is 5.53. The molecule has 2 aliphatic rings. The summed E-state index contributed by atoms with van der Waals surface area (Å²) in [7, 11) is 3.98. The van der Waals surface area contributed by atoms with Crippen LogP contribution in [0.3, 0.4) is 0 Å². The molecule has 0 amide bonds. The number of piperazine rings is 2. The molecule has 2 atom stereocenters. The van der Waals surface area contributed by atoms with Gasteiger partial charge >= 0.3 is 0 Å². The second-order valence-corrected chi connectivity index (χ2v) is 5.55. The van der Waals surface area contributed by atoms with E-state index in [-0.39, 0.29) is 0 Å². The average molecular weight is 261 g/mol. The number of ether oxygens (including phenoxy) is 1. The summed E-state index contributed by atoms with van der Waals surface area (Å²) in [6.45, 7) is 5.60. The Morgan fingerprint density at radius 2 is 2.11 bits per heavy atom. The van der Waals surface area contributed by atoms with Gasteiger partial charge in [-0.25, -0.2) is 0 Å². The summed E-state index contributed by atoms with van der Waals surface area (Å²) >= 11 is 0. The Morgan fingerprint density at radius 1 is 1.26 bits per heavy atom. The van der Waals surface area contributed by atoms with Crippen molar-refractivity contribution in [2.75, 3.05) is 46.9 Å². The zero-order chi connectivity index (χ0) is 13.2. The van der Waals surface area contributed by atoms with Crippen molar-refractivity contribution < 1.29 is 4.74 Å². The molecule has 4 nitrogen and oxygen atoms in total. The Labute approximate surface area is 115 Å². The number of para-hydroxylation sites is 1. The van der Waals surface area contributed by atoms with Gasteiger partial charge in [-0.3, -0.25) is 9.80 Å². The third-order valence-corrected chi connectivity index (χ3v) is 4.41. The molecule has 1 aromatic carbocycles. The highest BCUT2D eigenvalue weighted by atomic mass is 16.5. The van der Waals surface area contributed by atoms with Crippen LogP contribution in [0.15, 0.2) is 24.3 Å². The summed E-state index contributed by atoms with van der Waals surface area (Å²) in [5.74, 6) is 1.01.